The fraction of sp³-hybridized carbons (Fsp3) is 0.143. The monoisotopic (exact) mass is 423 g/mol. The predicted molar refractivity (Wildman–Crippen MR) is 113 cm³/mol. The van der Waals surface area contributed by atoms with Gasteiger partial charge in [0.2, 0.25) is 5.76 Å². The number of hydrogen-bond acceptors (Lipinski definition) is 5. The first kappa shape index (κ1) is 19.6. The molecule has 0 saturated carbocycles. The molecule has 8 nitrogen and oxygen atoms in total. The smallest absolute Gasteiger partial charge is 0.371 e. The first-order valence-electron chi connectivity index (χ1n) is 8.99. The number of likely N-dealkylation sites (N-methyl/N-ethyl adjacent to an activating group) is 2. The number of thiocarbonyl (C=S) groups is 1. The number of benzene rings is 1. The van der Waals surface area contributed by atoms with E-state index < -0.39 is 17.8 Å². The third kappa shape index (κ3) is 3.18. The lowest BCUT2D eigenvalue weighted by Crippen LogP contribution is -2.52. The summed E-state index contributed by atoms with van der Waals surface area (Å²) in [6.45, 7) is 0.294. The van der Waals surface area contributed by atoms with Crippen LogP contribution < -0.4 is 0 Å². The van der Waals surface area contributed by atoms with Crippen molar-refractivity contribution in [1.82, 2.24) is 14.4 Å². The second-order valence-corrected chi connectivity index (χ2v) is 7.23. The summed E-state index contributed by atoms with van der Waals surface area (Å²) >= 11 is 5.12. The molecule has 0 radical (unpaired) electrons. The molecular weight excluding hydrogens is 406 g/mol. The van der Waals surface area contributed by atoms with Crippen LogP contribution in [-0.2, 0) is 16.1 Å². The van der Waals surface area contributed by atoms with E-state index in [9.17, 15) is 14.4 Å². The molecule has 2 aromatic heterocycles. The van der Waals surface area contributed by atoms with E-state index in [-0.39, 0.29) is 16.4 Å². The molecule has 1 aliphatic rings. The van der Waals surface area contributed by atoms with Gasteiger partial charge in [-0.15, -0.1) is 0 Å². The summed E-state index contributed by atoms with van der Waals surface area (Å²) in [5.74, 6) is -1.72. The van der Waals surface area contributed by atoms with E-state index in [0.717, 1.165) is 10.9 Å². The highest BCUT2D eigenvalue weighted by atomic mass is 32.1. The van der Waals surface area contributed by atoms with Gasteiger partial charge in [0, 0.05) is 36.8 Å². The number of aromatic carboxylic acids is 1. The Labute approximate surface area is 176 Å². The van der Waals surface area contributed by atoms with E-state index in [1.54, 1.807) is 18.3 Å². The molecule has 4 rings (SSSR count). The van der Waals surface area contributed by atoms with Gasteiger partial charge in [0.05, 0.1) is 6.54 Å². The molecule has 9 heteroatoms. The number of carboxylic acids is 1. The van der Waals surface area contributed by atoms with Crippen molar-refractivity contribution >= 4 is 52.1 Å². The maximum atomic E-state index is 12.6. The van der Waals surface area contributed by atoms with Gasteiger partial charge in [-0.25, -0.2) is 4.79 Å². The number of fused-ring (bicyclic) bond motifs is 1. The minimum atomic E-state index is -1.13. The van der Waals surface area contributed by atoms with Crippen LogP contribution in [0.1, 0.15) is 21.9 Å². The first-order chi connectivity index (χ1) is 14.3. The van der Waals surface area contributed by atoms with Crippen molar-refractivity contribution in [2.75, 3.05) is 14.1 Å². The summed E-state index contributed by atoms with van der Waals surface area (Å²) in [5.41, 5.74) is 1.55. The third-order valence-electron chi connectivity index (χ3n) is 4.96. The van der Waals surface area contributed by atoms with Crippen LogP contribution in [0.2, 0.25) is 0 Å². The van der Waals surface area contributed by atoms with Gasteiger partial charge in [0.25, 0.3) is 11.8 Å². The largest absolute Gasteiger partial charge is 0.475 e. The van der Waals surface area contributed by atoms with Gasteiger partial charge < -0.3 is 14.1 Å². The average Bonchev–Trinajstić information content (AvgIpc) is 3.34. The van der Waals surface area contributed by atoms with E-state index in [4.69, 9.17) is 21.7 Å². The Morgan fingerprint density at radius 3 is 2.40 bits per heavy atom. The Balaban J connectivity index is 1.78. The zero-order chi connectivity index (χ0) is 21.6. The van der Waals surface area contributed by atoms with Gasteiger partial charge in [-0.1, -0.05) is 18.2 Å². The van der Waals surface area contributed by atoms with Crippen LogP contribution in [0.25, 0.3) is 17.0 Å². The summed E-state index contributed by atoms with van der Waals surface area (Å²) < 4.78 is 7.24. The molecule has 30 heavy (non-hydrogen) atoms. The van der Waals surface area contributed by atoms with Crippen molar-refractivity contribution in [1.29, 1.82) is 0 Å². The molecule has 1 fully saturated rings. The number of rotatable bonds is 4. The van der Waals surface area contributed by atoms with E-state index in [0.29, 0.717) is 17.9 Å². The number of carbonyl (C=O) groups is 3. The second-order valence-electron chi connectivity index (χ2n) is 6.87. The molecule has 0 bridgehead atoms. The van der Waals surface area contributed by atoms with Gasteiger partial charge in [0.1, 0.15) is 11.3 Å². The zero-order valence-corrected chi connectivity index (χ0v) is 17.0. The Bertz CT molecular complexity index is 1230. The van der Waals surface area contributed by atoms with Crippen molar-refractivity contribution in [2.24, 2.45) is 0 Å². The fourth-order valence-corrected chi connectivity index (χ4v) is 3.56. The number of amides is 2. The van der Waals surface area contributed by atoms with Gasteiger partial charge in [-0.05, 0) is 36.5 Å². The van der Waals surface area contributed by atoms with Crippen molar-refractivity contribution in [3.05, 3.63) is 65.3 Å². The average molecular weight is 423 g/mol. The second kappa shape index (κ2) is 7.27. The number of carboxylic acid groups (broad SMARTS) is 1. The molecule has 152 valence electrons. The highest BCUT2D eigenvalue weighted by Crippen LogP contribution is 2.27. The maximum Gasteiger partial charge on any atom is 0.371 e. The Hall–Kier alpha value is -3.72. The van der Waals surface area contributed by atoms with E-state index in [1.807, 2.05) is 28.8 Å². The number of furan rings is 1. The lowest BCUT2D eigenvalue weighted by atomic mass is 10.1. The number of nitrogens with zero attached hydrogens (tertiary/aromatic N) is 3. The van der Waals surface area contributed by atoms with Crippen LogP contribution in [0.5, 0.6) is 0 Å². The molecule has 2 amide bonds. The normalized spacial score (nSPS) is 14.7. The molecule has 1 N–H and O–H groups in total. The molecule has 0 aliphatic carbocycles. The maximum absolute atomic E-state index is 12.6. The SMILES string of the molecule is CN1C(=O)C(=Cc2cn(Cc3ccc(C(=O)O)o3)c3ccccc23)C(=O)N(C)C1=S. The summed E-state index contributed by atoms with van der Waals surface area (Å²) in [6, 6.07) is 10.5. The summed E-state index contributed by atoms with van der Waals surface area (Å²) in [4.78, 5) is 38.9. The Morgan fingerprint density at radius 2 is 1.77 bits per heavy atom. The quantitative estimate of drug-likeness (QED) is 0.394. The molecule has 3 heterocycles. The van der Waals surface area contributed by atoms with E-state index in [2.05, 4.69) is 0 Å². The fourth-order valence-electron chi connectivity index (χ4n) is 3.40. The van der Waals surface area contributed by atoms with Gasteiger partial charge in [0.15, 0.2) is 5.11 Å². The van der Waals surface area contributed by atoms with Gasteiger partial charge >= 0.3 is 5.97 Å². The van der Waals surface area contributed by atoms with Gasteiger partial charge in [-0.2, -0.15) is 0 Å². The molecule has 0 unspecified atom stereocenters. The van der Waals surface area contributed by atoms with Crippen LogP contribution >= 0.6 is 12.2 Å². The number of hydrogen-bond donors (Lipinski definition) is 1. The minimum Gasteiger partial charge on any atom is -0.475 e. The van der Waals surface area contributed by atoms with Crippen LogP contribution in [0.3, 0.4) is 0 Å². The molecule has 0 spiro atoms. The molecule has 1 saturated heterocycles. The number of carbonyl (C=O) groups excluding carboxylic acids is 2. The van der Waals surface area contributed by atoms with Crippen LogP contribution in [-0.4, -0.2) is 56.5 Å². The standard InChI is InChI=1S/C21H17N3O5S/c1-22-18(25)15(19(26)23(2)21(22)30)9-12-10-24(16-6-4-3-5-14(12)16)11-13-7-8-17(29-13)20(27)28/h3-10H,11H2,1-2H3,(H,27,28). The summed E-state index contributed by atoms with van der Waals surface area (Å²) in [7, 11) is 3.06. The molecule has 0 atom stereocenters. The molecule has 1 aromatic carbocycles. The van der Waals surface area contributed by atoms with Crippen LogP contribution in [0, 0.1) is 0 Å². The summed E-state index contributed by atoms with van der Waals surface area (Å²) in [5, 5.41) is 10.0. The number of aromatic nitrogens is 1. The van der Waals surface area contributed by atoms with Crippen molar-refractivity contribution in [3.63, 3.8) is 0 Å². The Kier molecular flexibility index (Phi) is 4.75. The third-order valence-corrected chi connectivity index (χ3v) is 5.51. The van der Waals surface area contributed by atoms with Crippen LogP contribution in [0.4, 0.5) is 0 Å². The van der Waals surface area contributed by atoms with Crippen molar-refractivity contribution in [2.45, 2.75) is 6.54 Å². The molecule has 1 aliphatic heterocycles. The lowest BCUT2D eigenvalue weighted by molar-refractivity contribution is -0.132. The van der Waals surface area contributed by atoms with Gasteiger partial charge in [-0.3, -0.25) is 19.4 Å². The van der Waals surface area contributed by atoms with Crippen LogP contribution in [0.15, 0.2) is 52.6 Å². The van der Waals surface area contributed by atoms with E-state index >= 15 is 0 Å². The molecular formula is C21H17N3O5S. The lowest BCUT2D eigenvalue weighted by Gasteiger charge is -2.31. The number of para-hydroxylation sites is 1. The highest BCUT2D eigenvalue weighted by Gasteiger charge is 2.35. The first-order valence-corrected chi connectivity index (χ1v) is 9.40. The van der Waals surface area contributed by atoms with Crippen molar-refractivity contribution < 1.29 is 23.9 Å². The molecule has 3 aromatic rings. The topological polar surface area (TPSA) is 96.0 Å². The van der Waals surface area contributed by atoms with E-state index in [1.165, 1.54) is 30.0 Å². The minimum absolute atomic E-state index is 0.0164. The Morgan fingerprint density at radius 1 is 1.10 bits per heavy atom. The predicted octanol–water partition coefficient (Wildman–Crippen LogP) is 2.58. The zero-order valence-electron chi connectivity index (χ0n) is 16.2. The van der Waals surface area contributed by atoms with Crippen molar-refractivity contribution in [3.8, 4) is 0 Å². The highest BCUT2D eigenvalue weighted by molar-refractivity contribution is 7.80. The summed E-state index contributed by atoms with van der Waals surface area (Å²) in [6.07, 6.45) is 3.36.